The van der Waals surface area contributed by atoms with Gasteiger partial charge in [-0.25, -0.2) is 18.5 Å². The highest BCUT2D eigenvalue weighted by Gasteiger charge is 2.06. The van der Waals surface area contributed by atoms with Crippen LogP contribution in [0.5, 0.6) is 0 Å². The molecule has 0 saturated carbocycles. The average molecular weight is 295 g/mol. The van der Waals surface area contributed by atoms with Gasteiger partial charge in [0.1, 0.15) is 5.82 Å². The molecule has 0 aliphatic heterocycles. The van der Waals surface area contributed by atoms with Crippen LogP contribution in [0.15, 0.2) is 47.4 Å². The molecule has 0 aliphatic rings. The highest BCUT2D eigenvalue weighted by molar-refractivity contribution is 7.89. The Hall–Kier alpha value is -1.99. The number of nitrogens with two attached hydrogens (primary N) is 1. The van der Waals surface area contributed by atoms with Gasteiger partial charge in [0.25, 0.3) is 0 Å². The number of primary sulfonamides is 1. The van der Waals surface area contributed by atoms with Crippen LogP contribution < -0.4 is 10.5 Å². The van der Waals surface area contributed by atoms with Crippen molar-refractivity contribution in [1.82, 2.24) is 4.98 Å². The van der Waals surface area contributed by atoms with Crippen LogP contribution in [0.3, 0.4) is 0 Å². The Morgan fingerprint density at radius 1 is 1.15 bits per heavy atom. The minimum absolute atomic E-state index is 0.0843. The predicted molar refractivity (Wildman–Crippen MR) is 74.2 cm³/mol. The van der Waals surface area contributed by atoms with Crippen LogP contribution in [0.2, 0.25) is 0 Å². The lowest BCUT2D eigenvalue weighted by Gasteiger charge is -2.06. The van der Waals surface area contributed by atoms with Gasteiger partial charge in [-0.1, -0.05) is 18.2 Å². The minimum atomic E-state index is -3.66. The second kappa shape index (κ2) is 5.98. The number of halogens is 1. The average Bonchev–Trinajstić information content (AvgIpc) is 2.38. The van der Waals surface area contributed by atoms with Crippen molar-refractivity contribution in [3.63, 3.8) is 0 Å². The maximum Gasteiger partial charge on any atom is 0.238 e. The van der Waals surface area contributed by atoms with E-state index >= 15 is 0 Å². The van der Waals surface area contributed by atoms with Crippen molar-refractivity contribution >= 4 is 15.8 Å². The van der Waals surface area contributed by atoms with Crippen LogP contribution in [0, 0.1) is 5.95 Å². The molecule has 0 radical (unpaired) electrons. The molecule has 5 nitrogen and oxygen atoms in total. The maximum absolute atomic E-state index is 12.9. The molecule has 0 unspecified atom stereocenters. The van der Waals surface area contributed by atoms with Crippen LogP contribution in [0.4, 0.5) is 10.2 Å². The number of hydrogen-bond donors (Lipinski definition) is 2. The van der Waals surface area contributed by atoms with Gasteiger partial charge in [-0.3, -0.25) is 0 Å². The molecular weight excluding hydrogens is 281 g/mol. The Morgan fingerprint density at radius 3 is 2.45 bits per heavy atom. The van der Waals surface area contributed by atoms with E-state index in [1.165, 1.54) is 18.2 Å². The Bertz CT molecular complexity index is 687. The van der Waals surface area contributed by atoms with E-state index in [0.717, 1.165) is 5.56 Å². The van der Waals surface area contributed by atoms with Gasteiger partial charge >= 0.3 is 0 Å². The minimum Gasteiger partial charge on any atom is -0.370 e. The zero-order valence-corrected chi connectivity index (χ0v) is 11.4. The number of pyridine rings is 1. The number of sulfonamides is 1. The molecule has 1 heterocycles. The van der Waals surface area contributed by atoms with E-state index in [9.17, 15) is 12.8 Å². The van der Waals surface area contributed by atoms with Crippen molar-refractivity contribution in [1.29, 1.82) is 0 Å². The predicted octanol–water partition coefficient (Wildman–Crippen LogP) is 1.52. The van der Waals surface area contributed by atoms with E-state index in [1.54, 1.807) is 24.3 Å². The van der Waals surface area contributed by atoms with Crippen LogP contribution in [0.1, 0.15) is 5.56 Å². The summed E-state index contributed by atoms with van der Waals surface area (Å²) in [5, 5.41) is 8.00. The van der Waals surface area contributed by atoms with Gasteiger partial charge < -0.3 is 5.32 Å². The number of hydrogen-bond acceptors (Lipinski definition) is 4. The molecule has 106 valence electrons. The summed E-state index contributed by atoms with van der Waals surface area (Å²) in [7, 11) is -3.66. The van der Waals surface area contributed by atoms with Crippen molar-refractivity contribution in [3.05, 3.63) is 54.0 Å². The molecule has 1 aromatic carbocycles. The molecule has 0 aliphatic carbocycles. The molecular formula is C13H14FN3O2S. The van der Waals surface area contributed by atoms with Crippen LogP contribution >= 0.6 is 0 Å². The van der Waals surface area contributed by atoms with Crippen LogP contribution in [-0.2, 0) is 16.4 Å². The molecule has 2 aromatic rings. The molecule has 0 atom stereocenters. The summed E-state index contributed by atoms with van der Waals surface area (Å²) in [6.07, 6.45) is 0.656. The molecule has 0 spiro atoms. The molecule has 7 heteroatoms. The second-order valence-corrected chi connectivity index (χ2v) is 5.77. The van der Waals surface area contributed by atoms with Crippen LogP contribution in [0.25, 0.3) is 0 Å². The van der Waals surface area contributed by atoms with Gasteiger partial charge in [0.2, 0.25) is 16.0 Å². The fourth-order valence-electron chi connectivity index (χ4n) is 1.69. The topological polar surface area (TPSA) is 85.1 Å². The van der Waals surface area contributed by atoms with Crippen molar-refractivity contribution in [3.8, 4) is 0 Å². The summed E-state index contributed by atoms with van der Waals surface area (Å²) in [5.41, 5.74) is 0.946. The molecule has 20 heavy (non-hydrogen) atoms. The first-order valence-electron chi connectivity index (χ1n) is 5.93. The normalized spacial score (nSPS) is 11.3. The van der Waals surface area contributed by atoms with Crippen molar-refractivity contribution in [2.24, 2.45) is 5.14 Å². The molecule has 2 rings (SSSR count). The lowest BCUT2D eigenvalue weighted by Crippen LogP contribution is -2.12. The van der Waals surface area contributed by atoms with E-state index in [-0.39, 0.29) is 4.90 Å². The van der Waals surface area contributed by atoms with Gasteiger partial charge in [0.15, 0.2) is 0 Å². The van der Waals surface area contributed by atoms with Crippen molar-refractivity contribution in [2.45, 2.75) is 11.3 Å². The molecule has 3 N–H and O–H groups in total. The van der Waals surface area contributed by atoms with Gasteiger partial charge in [0, 0.05) is 6.54 Å². The van der Waals surface area contributed by atoms with E-state index in [0.29, 0.717) is 18.8 Å². The largest absolute Gasteiger partial charge is 0.370 e. The summed E-state index contributed by atoms with van der Waals surface area (Å²) >= 11 is 0. The van der Waals surface area contributed by atoms with Crippen molar-refractivity contribution in [2.75, 3.05) is 11.9 Å². The van der Waals surface area contributed by atoms with E-state index in [1.807, 2.05) is 0 Å². The first kappa shape index (κ1) is 14.4. The maximum atomic E-state index is 12.9. The Balaban J connectivity index is 1.92. The molecule has 1 aromatic heterocycles. The lowest BCUT2D eigenvalue weighted by molar-refractivity contribution is 0.585. The number of rotatable bonds is 5. The van der Waals surface area contributed by atoms with Gasteiger partial charge in [-0.05, 0) is 36.2 Å². The standard InChI is InChI=1S/C13H14FN3O2S/c14-12-2-1-3-13(17-12)16-9-8-10-4-6-11(7-5-10)20(15,18)19/h1-7H,8-9H2,(H,16,17)(H2,15,18,19). The molecule has 0 amide bonds. The second-order valence-electron chi connectivity index (χ2n) is 4.21. The third-order valence-electron chi connectivity index (χ3n) is 2.69. The Labute approximate surface area is 116 Å². The van der Waals surface area contributed by atoms with Gasteiger partial charge in [-0.2, -0.15) is 4.39 Å². The van der Waals surface area contributed by atoms with E-state index in [2.05, 4.69) is 10.3 Å². The summed E-state index contributed by atoms with van der Waals surface area (Å²) < 4.78 is 35.0. The van der Waals surface area contributed by atoms with Crippen molar-refractivity contribution < 1.29 is 12.8 Å². The molecule has 0 fully saturated rings. The lowest BCUT2D eigenvalue weighted by atomic mass is 10.1. The van der Waals surface area contributed by atoms with Crippen LogP contribution in [-0.4, -0.2) is 19.9 Å². The van der Waals surface area contributed by atoms with Gasteiger partial charge in [0.05, 0.1) is 4.90 Å². The number of nitrogens with one attached hydrogen (secondary N) is 1. The summed E-state index contributed by atoms with van der Waals surface area (Å²) in [6.45, 7) is 0.561. The third kappa shape index (κ3) is 4.01. The van der Waals surface area contributed by atoms with E-state index < -0.39 is 16.0 Å². The monoisotopic (exact) mass is 295 g/mol. The quantitative estimate of drug-likeness (QED) is 0.819. The SMILES string of the molecule is NS(=O)(=O)c1ccc(CCNc2cccc(F)n2)cc1. The first-order valence-corrected chi connectivity index (χ1v) is 7.48. The highest BCUT2D eigenvalue weighted by Crippen LogP contribution is 2.10. The smallest absolute Gasteiger partial charge is 0.238 e. The number of aromatic nitrogens is 1. The summed E-state index contributed by atoms with van der Waals surface area (Å²) in [6, 6.07) is 10.8. The zero-order chi connectivity index (χ0) is 14.6. The molecule has 0 bridgehead atoms. The number of nitrogens with zero attached hydrogens (tertiary/aromatic N) is 1. The number of anilines is 1. The summed E-state index contributed by atoms with van der Waals surface area (Å²) in [4.78, 5) is 3.76. The Kier molecular flexibility index (Phi) is 4.31. The fraction of sp³-hybridized carbons (Fsp3) is 0.154. The molecule has 0 saturated heterocycles. The van der Waals surface area contributed by atoms with E-state index in [4.69, 9.17) is 5.14 Å². The fourth-order valence-corrected chi connectivity index (χ4v) is 2.20. The third-order valence-corrected chi connectivity index (χ3v) is 3.62. The highest BCUT2D eigenvalue weighted by atomic mass is 32.2. The summed E-state index contributed by atoms with van der Waals surface area (Å²) in [5.74, 6) is -0.0707. The van der Waals surface area contributed by atoms with Gasteiger partial charge in [-0.15, -0.1) is 0 Å². The number of benzene rings is 1. The Morgan fingerprint density at radius 2 is 1.85 bits per heavy atom. The first-order chi connectivity index (χ1) is 9.45. The zero-order valence-electron chi connectivity index (χ0n) is 10.6.